The highest BCUT2D eigenvalue weighted by Gasteiger charge is 2.31. The van der Waals surface area contributed by atoms with Gasteiger partial charge in [0.1, 0.15) is 0 Å². The van der Waals surface area contributed by atoms with E-state index in [1.54, 1.807) is 0 Å². The average molecular weight is 222 g/mol. The van der Waals surface area contributed by atoms with E-state index in [0.717, 1.165) is 6.42 Å². The maximum Gasteiger partial charge on any atom is 0.279 e. The van der Waals surface area contributed by atoms with Gasteiger partial charge in [-0.05, 0) is 18.8 Å². The molecule has 2 atom stereocenters. The van der Waals surface area contributed by atoms with E-state index < -0.39 is 10.2 Å². The van der Waals surface area contributed by atoms with Gasteiger partial charge < -0.3 is 5.11 Å². The van der Waals surface area contributed by atoms with Crippen LogP contribution in [-0.2, 0) is 10.2 Å². The predicted molar refractivity (Wildman–Crippen MR) is 54.0 cm³/mol. The zero-order valence-electron chi connectivity index (χ0n) is 8.60. The minimum absolute atomic E-state index is 0.0619. The van der Waals surface area contributed by atoms with Crippen LogP contribution in [0.3, 0.4) is 0 Å². The maximum atomic E-state index is 11.5. The van der Waals surface area contributed by atoms with Crippen molar-refractivity contribution < 1.29 is 13.5 Å². The summed E-state index contributed by atoms with van der Waals surface area (Å²) in [5.41, 5.74) is 0. The van der Waals surface area contributed by atoms with Gasteiger partial charge in [-0.2, -0.15) is 12.7 Å². The van der Waals surface area contributed by atoms with Crippen molar-refractivity contribution >= 4 is 10.2 Å². The van der Waals surface area contributed by atoms with Crippen molar-refractivity contribution in [2.24, 2.45) is 5.92 Å². The number of hydrogen-bond acceptors (Lipinski definition) is 3. The summed E-state index contributed by atoms with van der Waals surface area (Å²) >= 11 is 0. The van der Waals surface area contributed by atoms with Gasteiger partial charge in [0.25, 0.3) is 10.2 Å². The smallest absolute Gasteiger partial charge is 0.279 e. The summed E-state index contributed by atoms with van der Waals surface area (Å²) < 4.78 is 26.6. The molecule has 1 heterocycles. The summed E-state index contributed by atoms with van der Waals surface area (Å²) in [5, 5.41) is 9.58. The Morgan fingerprint density at radius 3 is 2.71 bits per heavy atom. The molecule has 0 aromatic carbocycles. The molecule has 6 heteroatoms. The average Bonchev–Trinajstić information content (AvgIpc) is 2.18. The molecule has 1 aliphatic heterocycles. The van der Waals surface area contributed by atoms with E-state index in [9.17, 15) is 13.5 Å². The van der Waals surface area contributed by atoms with Crippen molar-refractivity contribution in [3.8, 4) is 0 Å². The lowest BCUT2D eigenvalue weighted by Gasteiger charge is -2.34. The van der Waals surface area contributed by atoms with Gasteiger partial charge in [-0.25, -0.2) is 4.72 Å². The fraction of sp³-hybridized carbons (Fsp3) is 1.00. The summed E-state index contributed by atoms with van der Waals surface area (Å²) in [4.78, 5) is 0. The highest BCUT2D eigenvalue weighted by Crippen LogP contribution is 2.21. The van der Waals surface area contributed by atoms with Crippen molar-refractivity contribution in [2.75, 3.05) is 20.1 Å². The van der Waals surface area contributed by atoms with Crippen molar-refractivity contribution in [1.29, 1.82) is 0 Å². The van der Waals surface area contributed by atoms with Crippen LogP contribution in [-0.4, -0.2) is 44.1 Å². The van der Waals surface area contributed by atoms with Gasteiger partial charge in [0.05, 0.1) is 6.10 Å². The quantitative estimate of drug-likeness (QED) is 0.679. The third-order valence-corrected chi connectivity index (χ3v) is 4.31. The standard InChI is InChI=1S/C8H18N2O3S/c1-3-7-6-10(5-4-8(7)11)14(12,13)9-2/h7-9,11H,3-6H2,1-2H3. The minimum Gasteiger partial charge on any atom is -0.393 e. The molecule has 0 aromatic heterocycles. The van der Waals surface area contributed by atoms with Crippen LogP contribution in [0.2, 0.25) is 0 Å². The molecule has 1 fully saturated rings. The second-order valence-corrected chi connectivity index (χ2v) is 5.47. The molecule has 0 bridgehead atoms. The molecule has 0 amide bonds. The zero-order chi connectivity index (χ0) is 10.8. The molecule has 2 N–H and O–H groups in total. The van der Waals surface area contributed by atoms with E-state index in [4.69, 9.17) is 0 Å². The molecule has 2 unspecified atom stereocenters. The van der Waals surface area contributed by atoms with Gasteiger partial charge in [-0.3, -0.25) is 0 Å². The first-order chi connectivity index (χ1) is 6.51. The first-order valence-electron chi connectivity index (χ1n) is 4.88. The summed E-state index contributed by atoms with van der Waals surface area (Å²) in [5.74, 6) is 0.0619. The molecule has 1 saturated heterocycles. The van der Waals surface area contributed by atoms with Crippen LogP contribution in [0.1, 0.15) is 19.8 Å². The number of rotatable bonds is 3. The lowest BCUT2D eigenvalue weighted by Crippen LogP contribution is -2.49. The van der Waals surface area contributed by atoms with Gasteiger partial charge in [0.2, 0.25) is 0 Å². The molecule has 0 spiro atoms. The highest BCUT2D eigenvalue weighted by molar-refractivity contribution is 7.87. The van der Waals surface area contributed by atoms with Crippen LogP contribution in [0, 0.1) is 5.92 Å². The molecule has 0 aliphatic carbocycles. The van der Waals surface area contributed by atoms with E-state index in [1.165, 1.54) is 11.4 Å². The number of hydrogen-bond donors (Lipinski definition) is 2. The van der Waals surface area contributed by atoms with Crippen LogP contribution in [0.15, 0.2) is 0 Å². The molecule has 1 rings (SSSR count). The molecule has 1 aliphatic rings. The lowest BCUT2D eigenvalue weighted by atomic mass is 9.94. The van der Waals surface area contributed by atoms with E-state index in [-0.39, 0.29) is 12.0 Å². The van der Waals surface area contributed by atoms with Gasteiger partial charge in [0.15, 0.2) is 0 Å². The van der Waals surface area contributed by atoms with Crippen molar-refractivity contribution in [2.45, 2.75) is 25.9 Å². The Balaban J connectivity index is 2.68. The molecule has 0 aromatic rings. The fourth-order valence-corrected chi connectivity index (χ4v) is 2.73. The van der Waals surface area contributed by atoms with Crippen molar-refractivity contribution in [3.05, 3.63) is 0 Å². The van der Waals surface area contributed by atoms with Gasteiger partial charge in [-0.15, -0.1) is 0 Å². The molecule has 14 heavy (non-hydrogen) atoms. The van der Waals surface area contributed by atoms with Crippen LogP contribution in [0.4, 0.5) is 0 Å². The number of aliphatic hydroxyl groups is 1. The topological polar surface area (TPSA) is 69.6 Å². The Morgan fingerprint density at radius 1 is 1.57 bits per heavy atom. The highest BCUT2D eigenvalue weighted by atomic mass is 32.2. The first kappa shape index (κ1) is 11.9. The first-order valence-corrected chi connectivity index (χ1v) is 6.32. The Morgan fingerprint density at radius 2 is 2.21 bits per heavy atom. The molecule has 5 nitrogen and oxygen atoms in total. The number of aliphatic hydroxyl groups excluding tert-OH is 1. The van der Waals surface area contributed by atoms with Crippen LogP contribution in [0.5, 0.6) is 0 Å². The number of nitrogens with zero attached hydrogens (tertiary/aromatic N) is 1. The molecule has 0 saturated carbocycles. The monoisotopic (exact) mass is 222 g/mol. The largest absolute Gasteiger partial charge is 0.393 e. The molecular weight excluding hydrogens is 204 g/mol. The normalized spacial score (nSPS) is 30.5. The van der Waals surface area contributed by atoms with Crippen LogP contribution < -0.4 is 4.72 Å². The Labute approximate surface area is 85.3 Å². The minimum atomic E-state index is -3.32. The van der Waals surface area contributed by atoms with Crippen LogP contribution >= 0.6 is 0 Å². The van der Waals surface area contributed by atoms with Crippen molar-refractivity contribution in [1.82, 2.24) is 9.03 Å². The summed E-state index contributed by atoms with van der Waals surface area (Å²) in [6, 6.07) is 0. The molecule has 0 radical (unpaired) electrons. The van der Waals surface area contributed by atoms with E-state index in [0.29, 0.717) is 19.5 Å². The Hall–Kier alpha value is -0.170. The van der Waals surface area contributed by atoms with Gasteiger partial charge in [0, 0.05) is 20.1 Å². The van der Waals surface area contributed by atoms with Crippen molar-refractivity contribution in [3.63, 3.8) is 0 Å². The SMILES string of the molecule is CCC1CN(S(=O)(=O)NC)CCC1O. The third-order valence-electron chi connectivity index (χ3n) is 2.78. The van der Waals surface area contributed by atoms with E-state index in [1.807, 2.05) is 6.92 Å². The van der Waals surface area contributed by atoms with Gasteiger partial charge >= 0.3 is 0 Å². The lowest BCUT2D eigenvalue weighted by molar-refractivity contribution is 0.0518. The van der Waals surface area contributed by atoms with Crippen LogP contribution in [0.25, 0.3) is 0 Å². The fourth-order valence-electron chi connectivity index (χ4n) is 1.74. The molecule has 84 valence electrons. The maximum absolute atomic E-state index is 11.5. The third kappa shape index (κ3) is 2.44. The predicted octanol–water partition coefficient (Wildman–Crippen LogP) is -0.457. The molecular formula is C8H18N2O3S. The summed E-state index contributed by atoms with van der Waals surface area (Å²) in [6.45, 7) is 2.78. The summed E-state index contributed by atoms with van der Waals surface area (Å²) in [7, 11) is -1.91. The van der Waals surface area contributed by atoms with E-state index >= 15 is 0 Å². The number of piperidine rings is 1. The zero-order valence-corrected chi connectivity index (χ0v) is 9.42. The second kappa shape index (κ2) is 4.57. The van der Waals surface area contributed by atoms with E-state index in [2.05, 4.69) is 4.72 Å². The number of nitrogens with one attached hydrogen (secondary N) is 1. The Kier molecular flexibility index (Phi) is 3.88. The Bertz CT molecular complexity index is 278. The summed E-state index contributed by atoms with van der Waals surface area (Å²) in [6.07, 6.45) is 0.972. The second-order valence-electron chi connectivity index (χ2n) is 3.59. The van der Waals surface area contributed by atoms with Gasteiger partial charge in [-0.1, -0.05) is 6.92 Å².